The zero-order valence-corrected chi connectivity index (χ0v) is 3.74. The Morgan fingerprint density at radius 2 is 1.67 bits per heavy atom. The Hall–Kier alpha value is -0.720. The summed E-state index contributed by atoms with van der Waals surface area (Å²) in [6, 6.07) is 0. The highest BCUT2D eigenvalue weighted by molar-refractivity contribution is 4.94. The molecule has 0 N–H and O–H groups in total. The maximum absolute atomic E-state index is 4.51. The van der Waals surface area contributed by atoms with E-state index in [0.29, 0.717) is 0 Å². The van der Waals surface area contributed by atoms with Crippen LogP contribution in [0.25, 0.3) is 0 Å². The zero-order valence-electron chi connectivity index (χ0n) is 3.74. The lowest BCUT2D eigenvalue weighted by Crippen LogP contribution is -1.21. The summed E-state index contributed by atoms with van der Waals surface area (Å²) in [5.74, 6) is 0.917. The van der Waals surface area contributed by atoms with Crippen LogP contribution in [-0.2, 0) is 4.74 Å². The van der Waals surface area contributed by atoms with Gasteiger partial charge in [-0.25, -0.2) is 0 Å². The Labute approximate surface area is 37.9 Å². The molecule has 0 bridgehead atoms. The number of hydrogen-bond acceptors (Lipinski definition) is 1. The molecule has 0 saturated carbocycles. The minimum absolute atomic E-state index is 0.792. The van der Waals surface area contributed by atoms with Crippen molar-refractivity contribution in [3.05, 3.63) is 25.5 Å². The molecular formula is C5H8O. The fraction of sp³-hybridized carbons (Fsp3) is 0.200. The van der Waals surface area contributed by atoms with E-state index >= 15 is 0 Å². The van der Waals surface area contributed by atoms with Crippen molar-refractivity contribution in [3.8, 4) is 0 Å². The molecule has 1 aliphatic heterocycles. The normalized spacial score (nSPS) is 13.7. The SMILES string of the molecule is C=C.C=C1CO1. The first-order chi connectivity index (χ1) is 2.89. The van der Waals surface area contributed by atoms with Crippen molar-refractivity contribution < 1.29 is 4.74 Å². The van der Waals surface area contributed by atoms with Gasteiger partial charge >= 0.3 is 0 Å². The summed E-state index contributed by atoms with van der Waals surface area (Å²) in [6.07, 6.45) is 0. The molecule has 0 unspecified atom stereocenters. The van der Waals surface area contributed by atoms with Gasteiger partial charge in [-0.3, -0.25) is 0 Å². The van der Waals surface area contributed by atoms with Gasteiger partial charge in [0.1, 0.15) is 12.4 Å². The van der Waals surface area contributed by atoms with Crippen molar-refractivity contribution in [3.63, 3.8) is 0 Å². The molecule has 0 aliphatic carbocycles. The largest absolute Gasteiger partial charge is 0.487 e. The van der Waals surface area contributed by atoms with Gasteiger partial charge in [-0.15, -0.1) is 13.2 Å². The van der Waals surface area contributed by atoms with Crippen LogP contribution in [0.4, 0.5) is 0 Å². The standard InChI is InChI=1S/C3H4O.C2H4/c1-3-2-4-3;1-2/h1-2H2;1-2H2. The van der Waals surface area contributed by atoms with E-state index in [9.17, 15) is 0 Å². The minimum Gasteiger partial charge on any atom is -0.487 e. The van der Waals surface area contributed by atoms with E-state index in [1.807, 2.05) is 0 Å². The molecule has 0 atom stereocenters. The average Bonchev–Trinajstić information content (AvgIpc) is 2.30. The second kappa shape index (κ2) is 2.51. The highest BCUT2D eigenvalue weighted by Crippen LogP contribution is 2.07. The molecule has 6 heavy (non-hydrogen) atoms. The predicted octanol–water partition coefficient (Wildman–Crippen LogP) is 1.33. The van der Waals surface area contributed by atoms with Crippen LogP contribution in [0.15, 0.2) is 25.5 Å². The highest BCUT2D eigenvalue weighted by atomic mass is 16.6. The third kappa shape index (κ3) is 3.28. The van der Waals surface area contributed by atoms with Gasteiger partial charge in [0.25, 0.3) is 0 Å². The molecule has 0 aromatic rings. The van der Waals surface area contributed by atoms with Crippen molar-refractivity contribution in [2.75, 3.05) is 6.61 Å². The fourth-order valence-electron chi connectivity index (χ4n) is 0.0510. The van der Waals surface area contributed by atoms with Crippen LogP contribution in [0.3, 0.4) is 0 Å². The van der Waals surface area contributed by atoms with Gasteiger partial charge in [0.2, 0.25) is 0 Å². The molecule has 0 radical (unpaired) electrons. The summed E-state index contributed by atoms with van der Waals surface area (Å²) in [4.78, 5) is 0. The Morgan fingerprint density at radius 3 is 1.67 bits per heavy atom. The van der Waals surface area contributed by atoms with Crippen molar-refractivity contribution in [1.82, 2.24) is 0 Å². The van der Waals surface area contributed by atoms with Gasteiger partial charge in [0, 0.05) is 0 Å². The first-order valence-corrected chi connectivity index (χ1v) is 1.70. The molecule has 0 aromatic heterocycles. The second-order valence-corrected chi connectivity index (χ2v) is 0.827. The summed E-state index contributed by atoms with van der Waals surface area (Å²) in [6.45, 7) is 10.2. The van der Waals surface area contributed by atoms with Crippen LogP contribution < -0.4 is 0 Å². The fourth-order valence-corrected chi connectivity index (χ4v) is 0.0510. The molecule has 0 spiro atoms. The zero-order chi connectivity index (χ0) is 4.99. The summed E-state index contributed by atoms with van der Waals surface area (Å²) in [7, 11) is 0. The summed E-state index contributed by atoms with van der Waals surface area (Å²) < 4.78 is 4.51. The van der Waals surface area contributed by atoms with Gasteiger partial charge in [-0.2, -0.15) is 0 Å². The average molecular weight is 84.1 g/mol. The van der Waals surface area contributed by atoms with Gasteiger partial charge in [0.05, 0.1) is 0 Å². The lowest BCUT2D eigenvalue weighted by molar-refractivity contribution is 0.511. The molecule has 1 heterocycles. The topological polar surface area (TPSA) is 12.5 Å². The quantitative estimate of drug-likeness (QED) is 0.318. The summed E-state index contributed by atoms with van der Waals surface area (Å²) >= 11 is 0. The first-order valence-electron chi connectivity index (χ1n) is 1.70. The van der Waals surface area contributed by atoms with Crippen LogP contribution >= 0.6 is 0 Å². The van der Waals surface area contributed by atoms with Crippen molar-refractivity contribution in [2.24, 2.45) is 0 Å². The molecular weight excluding hydrogens is 76.1 g/mol. The molecule has 0 amide bonds. The Balaban J connectivity index is 0.000000112. The molecule has 1 nitrogen and oxygen atoms in total. The minimum atomic E-state index is 0.792. The van der Waals surface area contributed by atoms with E-state index in [4.69, 9.17) is 0 Å². The molecule has 34 valence electrons. The van der Waals surface area contributed by atoms with Gasteiger partial charge in [0.15, 0.2) is 0 Å². The van der Waals surface area contributed by atoms with Crippen molar-refractivity contribution in [1.29, 1.82) is 0 Å². The molecule has 1 fully saturated rings. The smallest absolute Gasteiger partial charge is 0.144 e. The van der Waals surface area contributed by atoms with Gasteiger partial charge < -0.3 is 4.74 Å². The van der Waals surface area contributed by atoms with E-state index in [1.165, 1.54) is 0 Å². The first kappa shape index (κ1) is 5.28. The number of epoxide rings is 1. The van der Waals surface area contributed by atoms with Crippen LogP contribution in [-0.4, -0.2) is 6.61 Å². The van der Waals surface area contributed by atoms with E-state index in [0.717, 1.165) is 12.4 Å². The third-order valence-corrected chi connectivity index (χ3v) is 0.348. The predicted molar refractivity (Wildman–Crippen MR) is 26.3 cm³/mol. The van der Waals surface area contributed by atoms with Crippen LogP contribution in [0.5, 0.6) is 0 Å². The van der Waals surface area contributed by atoms with Crippen molar-refractivity contribution in [2.45, 2.75) is 0 Å². The molecule has 0 aromatic carbocycles. The number of rotatable bonds is 0. The summed E-state index contributed by atoms with van der Waals surface area (Å²) in [5, 5.41) is 0. The van der Waals surface area contributed by atoms with Gasteiger partial charge in [-0.05, 0) is 0 Å². The van der Waals surface area contributed by atoms with E-state index in [-0.39, 0.29) is 0 Å². The lowest BCUT2D eigenvalue weighted by Gasteiger charge is -1.39. The van der Waals surface area contributed by atoms with E-state index in [1.54, 1.807) is 0 Å². The lowest BCUT2D eigenvalue weighted by atomic mass is 10.8. The van der Waals surface area contributed by atoms with Crippen LogP contribution in [0, 0.1) is 0 Å². The maximum atomic E-state index is 4.51. The van der Waals surface area contributed by atoms with E-state index in [2.05, 4.69) is 24.5 Å². The Bertz CT molecular complexity index is 51.0. The highest BCUT2D eigenvalue weighted by Gasteiger charge is 2.05. The molecule has 1 saturated heterocycles. The molecule has 1 aliphatic rings. The Morgan fingerprint density at radius 1 is 1.50 bits per heavy atom. The second-order valence-electron chi connectivity index (χ2n) is 0.827. The maximum Gasteiger partial charge on any atom is 0.144 e. The number of hydrogen-bond donors (Lipinski definition) is 0. The summed E-state index contributed by atoms with van der Waals surface area (Å²) in [5.41, 5.74) is 0. The van der Waals surface area contributed by atoms with Crippen molar-refractivity contribution >= 4 is 0 Å². The van der Waals surface area contributed by atoms with Crippen LogP contribution in [0.2, 0.25) is 0 Å². The molecule has 1 rings (SSSR count). The monoisotopic (exact) mass is 84.1 g/mol. The van der Waals surface area contributed by atoms with Gasteiger partial charge in [-0.1, -0.05) is 6.58 Å². The van der Waals surface area contributed by atoms with E-state index < -0.39 is 0 Å². The Kier molecular flexibility index (Phi) is 2.21. The van der Waals surface area contributed by atoms with Crippen LogP contribution in [0.1, 0.15) is 0 Å². The number of ether oxygens (including phenoxy) is 1. The third-order valence-electron chi connectivity index (χ3n) is 0.348. The molecule has 1 heteroatoms.